The summed E-state index contributed by atoms with van der Waals surface area (Å²) in [6.45, 7) is 5.97. The summed E-state index contributed by atoms with van der Waals surface area (Å²) in [4.78, 5) is 41.8. The Bertz CT molecular complexity index is 1100. The fourth-order valence-electron chi connectivity index (χ4n) is 5.11. The van der Waals surface area contributed by atoms with Crippen LogP contribution in [-0.4, -0.2) is 77.8 Å². The molecule has 8 heteroatoms. The SMILES string of the molecule is CC(C)CC(NC(=O)[C@H](CO)N1CCCC(C)c2ccc(-c3ccccc3)cc2C1=O)C(=O)CCOCCO. The van der Waals surface area contributed by atoms with E-state index in [0.29, 0.717) is 24.9 Å². The zero-order valence-electron chi connectivity index (χ0n) is 23.3. The predicted molar refractivity (Wildman–Crippen MR) is 150 cm³/mol. The lowest BCUT2D eigenvalue weighted by Gasteiger charge is -2.34. The molecule has 3 atom stereocenters. The first-order valence-corrected chi connectivity index (χ1v) is 13.9. The van der Waals surface area contributed by atoms with E-state index in [1.807, 2.05) is 62.4 Å². The largest absolute Gasteiger partial charge is 0.394 e. The first-order chi connectivity index (χ1) is 18.8. The van der Waals surface area contributed by atoms with Gasteiger partial charge in [0.15, 0.2) is 5.78 Å². The molecule has 2 aromatic carbocycles. The highest BCUT2D eigenvalue weighted by Gasteiger charge is 2.35. The molecule has 39 heavy (non-hydrogen) atoms. The number of ketones is 1. The molecule has 0 saturated carbocycles. The van der Waals surface area contributed by atoms with Gasteiger partial charge in [0.25, 0.3) is 5.91 Å². The molecule has 0 aliphatic carbocycles. The average molecular weight is 539 g/mol. The number of hydrogen-bond donors (Lipinski definition) is 3. The average Bonchev–Trinajstić information content (AvgIpc) is 2.93. The molecule has 0 spiro atoms. The maximum atomic E-state index is 14.0. The highest BCUT2D eigenvalue weighted by atomic mass is 16.5. The van der Waals surface area contributed by atoms with Crippen LogP contribution in [0.4, 0.5) is 0 Å². The Kier molecular flexibility index (Phi) is 11.7. The number of benzene rings is 2. The van der Waals surface area contributed by atoms with Crippen LogP contribution in [-0.2, 0) is 14.3 Å². The summed E-state index contributed by atoms with van der Waals surface area (Å²) in [6.07, 6.45) is 2.05. The minimum Gasteiger partial charge on any atom is -0.394 e. The second-order valence-corrected chi connectivity index (χ2v) is 10.7. The number of carbonyl (C=O) groups excluding carboxylic acids is 3. The van der Waals surface area contributed by atoms with Crippen molar-refractivity contribution in [2.24, 2.45) is 5.92 Å². The van der Waals surface area contributed by atoms with Gasteiger partial charge in [0, 0.05) is 18.5 Å². The van der Waals surface area contributed by atoms with Crippen molar-refractivity contribution >= 4 is 17.6 Å². The van der Waals surface area contributed by atoms with Gasteiger partial charge in [0.1, 0.15) is 6.04 Å². The molecule has 2 unspecified atom stereocenters. The number of fused-ring (bicyclic) bond motifs is 1. The Labute approximate surface area is 231 Å². The second kappa shape index (κ2) is 14.9. The number of aliphatic hydroxyl groups excluding tert-OH is 2. The fourth-order valence-corrected chi connectivity index (χ4v) is 5.11. The molecule has 8 nitrogen and oxygen atoms in total. The fraction of sp³-hybridized carbons (Fsp3) is 0.516. The van der Waals surface area contributed by atoms with Crippen molar-refractivity contribution in [1.82, 2.24) is 10.2 Å². The smallest absolute Gasteiger partial charge is 0.254 e. The Hall–Kier alpha value is -3.07. The van der Waals surface area contributed by atoms with E-state index < -0.39 is 24.6 Å². The lowest BCUT2D eigenvalue weighted by Crippen LogP contribution is -2.55. The van der Waals surface area contributed by atoms with Crippen LogP contribution in [0.1, 0.15) is 68.3 Å². The van der Waals surface area contributed by atoms with Gasteiger partial charge in [-0.2, -0.15) is 0 Å². The van der Waals surface area contributed by atoms with Crippen LogP contribution in [0.2, 0.25) is 0 Å². The zero-order chi connectivity index (χ0) is 28.4. The quantitative estimate of drug-likeness (QED) is 0.336. The molecule has 0 radical (unpaired) electrons. The Morgan fingerprint density at radius 1 is 1.08 bits per heavy atom. The number of nitrogens with zero attached hydrogens (tertiary/aromatic N) is 1. The Morgan fingerprint density at radius 2 is 1.82 bits per heavy atom. The van der Waals surface area contributed by atoms with Crippen molar-refractivity contribution < 1.29 is 29.3 Å². The first-order valence-electron chi connectivity index (χ1n) is 13.9. The number of hydrogen-bond acceptors (Lipinski definition) is 6. The maximum absolute atomic E-state index is 14.0. The van der Waals surface area contributed by atoms with E-state index in [4.69, 9.17) is 9.84 Å². The van der Waals surface area contributed by atoms with E-state index in [-0.39, 0.29) is 49.8 Å². The normalized spacial score (nSPS) is 17.2. The number of rotatable bonds is 13. The van der Waals surface area contributed by atoms with Gasteiger partial charge in [-0.1, -0.05) is 63.2 Å². The van der Waals surface area contributed by atoms with Gasteiger partial charge in [0.05, 0.1) is 32.5 Å². The van der Waals surface area contributed by atoms with Crippen LogP contribution >= 0.6 is 0 Å². The minimum atomic E-state index is -1.12. The molecule has 2 aromatic rings. The predicted octanol–water partition coefficient (Wildman–Crippen LogP) is 3.55. The van der Waals surface area contributed by atoms with Crippen LogP contribution in [0.15, 0.2) is 48.5 Å². The van der Waals surface area contributed by atoms with Gasteiger partial charge in [-0.3, -0.25) is 14.4 Å². The summed E-state index contributed by atoms with van der Waals surface area (Å²) in [7, 11) is 0. The molecule has 0 aromatic heterocycles. The molecule has 212 valence electrons. The van der Waals surface area contributed by atoms with Crippen molar-refractivity contribution in [3.05, 3.63) is 59.7 Å². The molecule has 2 amide bonds. The van der Waals surface area contributed by atoms with Gasteiger partial charge < -0.3 is 25.2 Å². The molecular weight excluding hydrogens is 496 g/mol. The summed E-state index contributed by atoms with van der Waals surface area (Å²) in [5, 5.41) is 22.0. The molecule has 3 N–H and O–H groups in total. The van der Waals surface area contributed by atoms with Gasteiger partial charge >= 0.3 is 0 Å². The molecule has 0 saturated heterocycles. The minimum absolute atomic E-state index is 0.0949. The number of carbonyl (C=O) groups is 3. The number of nitrogens with one attached hydrogen (secondary N) is 1. The number of amides is 2. The monoisotopic (exact) mass is 538 g/mol. The summed E-state index contributed by atoms with van der Waals surface area (Å²) in [6, 6.07) is 13.8. The molecule has 1 heterocycles. The Balaban J connectivity index is 1.85. The molecule has 0 fully saturated rings. The van der Waals surface area contributed by atoms with Crippen molar-refractivity contribution in [3.63, 3.8) is 0 Å². The highest BCUT2D eigenvalue weighted by Crippen LogP contribution is 2.32. The summed E-state index contributed by atoms with van der Waals surface area (Å²) in [5.74, 6) is -0.711. The van der Waals surface area contributed by atoms with Gasteiger partial charge in [0.2, 0.25) is 5.91 Å². The van der Waals surface area contributed by atoms with E-state index in [0.717, 1.165) is 23.1 Å². The maximum Gasteiger partial charge on any atom is 0.254 e. The highest BCUT2D eigenvalue weighted by molar-refractivity contribution is 6.00. The van der Waals surface area contributed by atoms with Gasteiger partial charge in [-0.25, -0.2) is 0 Å². The van der Waals surface area contributed by atoms with E-state index in [2.05, 4.69) is 12.2 Å². The molecule has 3 rings (SSSR count). The van der Waals surface area contributed by atoms with E-state index in [9.17, 15) is 19.5 Å². The van der Waals surface area contributed by atoms with E-state index >= 15 is 0 Å². The summed E-state index contributed by atoms with van der Waals surface area (Å²) < 4.78 is 5.22. The van der Waals surface area contributed by atoms with Gasteiger partial charge in [-0.05, 0) is 53.9 Å². The third-order valence-corrected chi connectivity index (χ3v) is 7.21. The second-order valence-electron chi connectivity index (χ2n) is 10.7. The third kappa shape index (κ3) is 8.21. The molecule has 1 aliphatic heterocycles. The van der Waals surface area contributed by atoms with Crippen molar-refractivity contribution in [1.29, 1.82) is 0 Å². The van der Waals surface area contributed by atoms with Crippen LogP contribution in [0.25, 0.3) is 11.1 Å². The van der Waals surface area contributed by atoms with Crippen molar-refractivity contribution in [2.75, 3.05) is 33.0 Å². The van der Waals surface area contributed by atoms with Crippen LogP contribution in [0.3, 0.4) is 0 Å². The lowest BCUT2D eigenvalue weighted by atomic mass is 9.87. The standard InChI is InChI=1S/C31H42N2O6/c1-21(2)18-27(29(36)13-16-39-17-15-34)32-30(37)28(20-35)33-14-7-8-22(3)25-12-11-24(19-26(25)31(33)38)23-9-5-4-6-10-23/h4-6,9-12,19,21-22,27-28,34-35H,7-8,13-18,20H2,1-3H3,(H,32,37)/t22?,27?,28-/m0/s1. The van der Waals surface area contributed by atoms with Crippen LogP contribution in [0, 0.1) is 5.92 Å². The number of aliphatic hydroxyl groups is 2. The molecule has 0 bridgehead atoms. The lowest BCUT2D eigenvalue weighted by molar-refractivity contribution is -0.132. The van der Waals surface area contributed by atoms with Crippen molar-refractivity contribution in [3.8, 4) is 11.1 Å². The molecule has 1 aliphatic rings. The van der Waals surface area contributed by atoms with Crippen molar-refractivity contribution in [2.45, 2.75) is 64.5 Å². The van der Waals surface area contributed by atoms with Gasteiger partial charge in [-0.15, -0.1) is 0 Å². The number of Topliss-reactive ketones (excluding diaryl/α,β-unsaturated/α-hetero) is 1. The zero-order valence-corrected chi connectivity index (χ0v) is 23.3. The van der Waals surface area contributed by atoms with E-state index in [1.54, 1.807) is 0 Å². The van der Waals surface area contributed by atoms with Crippen LogP contribution in [0.5, 0.6) is 0 Å². The third-order valence-electron chi connectivity index (χ3n) is 7.21. The molecular formula is C31H42N2O6. The van der Waals surface area contributed by atoms with Crippen LogP contribution < -0.4 is 5.32 Å². The topological polar surface area (TPSA) is 116 Å². The number of ether oxygens (including phenoxy) is 1. The summed E-state index contributed by atoms with van der Waals surface area (Å²) >= 11 is 0. The summed E-state index contributed by atoms with van der Waals surface area (Å²) in [5.41, 5.74) is 3.36. The first kappa shape index (κ1) is 30.5. The van der Waals surface area contributed by atoms with E-state index in [1.165, 1.54) is 4.90 Å². The Morgan fingerprint density at radius 3 is 2.49 bits per heavy atom.